The van der Waals surface area contributed by atoms with Crippen LogP contribution in [0.15, 0.2) is 0 Å². The molecule has 0 radical (unpaired) electrons. The molecule has 0 bridgehead atoms. The zero-order chi connectivity index (χ0) is 11.5. The SMILES string of the molecule is CC(O)(CNC(=O)[C@@H]1CCCN1)C(=O)O. The minimum atomic E-state index is -1.91. The number of amides is 1. The lowest BCUT2D eigenvalue weighted by Crippen LogP contribution is -2.50. The van der Waals surface area contributed by atoms with E-state index in [9.17, 15) is 14.7 Å². The number of aliphatic hydroxyl groups is 1. The molecule has 1 unspecified atom stereocenters. The minimum absolute atomic E-state index is 0.255. The summed E-state index contributed by atoms with van der Waals surface area (Å²) < 4.78 is 0. The molecule has 0 aliphatic carbocycles. The lowest BCUT2D eigenvalue weighted by Gasteiger charge is -2.19. The standard InChI is InChI=1S/C9H16N2O4/c1-9(15,8(13)14)5-11-7(12)6-3-2-4-10-6/h6,10,15H,2-5H2,1H3,(H,11,12)(H,13,14)/t6-,9?/m0/s1. The first kappa shape index (κ1) is 11.9. The summed E-state index contributed by atoms with van der Waals surface area (Å²) in [6.07, 6.45) is 1.69. The van der Waals surface area contributed by atoms with Gasteiger partial charge in [-0.2, -0.15) is 0 Å². The molecule has 86 valence electrons. The number of carbonyl (C=O) groups is 2. The molecule has 1 fully saturated rings. The molecule has 0 aromatic carbocycles. The Hall–Kier alpha value is -1.14. The molecule has 0 aromatic heterocycles. The van der Waals surface area contributed by atoms with Crippen LogP contribution in [0.4, 0.5) is 0 Å². The molecule has 0 spiro atoms. The predicted molar refractivity (Wildman–Crippen MR) is 52.3 cm³/mol. The van der Waals surface area contributed by atoms with Gasteiger partial charge in [0.1, 0.15) is 0 Å². The Morgan fingerprint density at radius 3 is 2.73 bits per heavy atom. The molecule has 2 atom stereocenters. The van der Waals surface area contributed by atoms with Crippen LogP contribution >= 0.6 is 0 Å². The second kappa shape index (κ2) is 4.59. The van der Waals surface area contributed by atoms with E-state index >= 15 is 0 Å². The second-order valence-electron chi connectivity index (χ2n) is 3.95. The quantitative estimate of drug-likeness (QED) is 0.467. The van der Waals surface area contributed by atoms with Gasteiger partial charge >= 0.3 is 5.97 Å². The first-order chi connectivity index (χ1) is 6.93. The third kappa shape index (κ3) is 3.17. The van der Waals surface area contributed by atoms with E-state index in [1.165, 1.54) is 0 Å². The summed E-state index contributed by atoms with van der Waals surface area (Å²) >= 11 is 0. The highest BCUT2D eigenvalue weighted by molar-refractivity contribution is 5.83. The highest BCUT2D eigenvalue weighted by Crippen LogP contribution is 2.06. The topological polar surface area (TPSA) is 98.7 Å². The van der Waals surface area contributed by atoms with Gasteiger partial charge < -0.3 is 20.8 Å². The van der Waals surface area contributed by atoms with Gasteiger partial charge in [0.15, 0.2) is 5.60 Å². The number of carbonyl (C=O) groups excluding carboxylic acids is 1. The Morgan fingerprint density at radius 1 is 1.60 bits per heavy atom. The van der Waals surface area contributed by atoms with Crippen LogP contribution in [-0.4, -0.2) is 46.8 Å². The molecule has 1 saturated heterocycles. The average Bonchev–Trinajstić information content (AvgIpc) is 2.66. The van der Waals surface area contributed by atoms with Gasteiger partial charge in [0.05, 0.1) is 12.6 Å². The first-order valence-electron chi connectivity index (χ1n) is 4.90. The number of hydrogen-bond acceptors (Lipinski definition) is 4. The van der Waals surface area contributed by atoms with E-state index in [0.29, 0.717) is 0 Å². The molecule has 1 heterocycles. The summed E-state index contributed by atoms with van der Waals surface area (Å²) in [6, 6.07) is -0.255. The lowest BCUT2D eigenvalue weighted by molar-refractivity contribution is -0.156. The maximum absolute atomic E-state index is 11.4. The molecule has 0 saturated carbocycles. The summed E-state index contributed by atoms with van der Waals surface area (Å²) in [5, 5.41) is 23.3. The van der Waals surface area contributed by atoms with Gasteiger partial charge in [-0.05, 0) is 26.3 Å². The Balaban J connectivity index is 2.36. The van der Waals surface area contributed by atoms with E-state index < -0.39 is 11.6 Å². The van der Waals surface area contributed by atoms with Crippen LogP contribution in [0.5, 0.6) is 0 Å². The molecular formula is C9H16N2O4. The highest BCUT2D eigenvalue weighted by Gasteiger charge is 2.31. The van der Waals surface area contributed by atoms with E-state index in [-0.39, 0.29) is 18.5 Å². The van der Waals surface area contributed by atoms with Crippen LogP contribution in [-0.2, 0) is 9.59 Å². The van der Waals surface area contributed by atoms with Crippen LogP contribution in [0.2, 0.25) is 0 Å². The van der Waals surface area contributed by atoms with Crippen LogP contribution < -0.4 is 10.6 Å². The van der Waals surface area contributed by atoms with Crippen molar-refractivity contribution in [2.24, 2.45) is 0 Å². The van der Waals surface area contributed by atoms with E-state index in [1.54, 1.807) is 0 Å². The molecule has 4 N–H and O–H groups in total. The molecular weight excluding hydrogens is 200 g/mol. The highest BCUT2D eigenvalue weighted by atomic mass is 16.4. The van der Waals surface area contributed by atoms with E-state index in [2.05, 4.69) is 10.6 Å². The van der Waals surface area contributed by atoms with E-state index in [4.69, 9.17) is 5.11 Å². The number of hydrogen-bond donors (Lipinski definition) is 4. The summed E-state index contributed by atoms with van der Waals surface area (Å²) in [7, 11) is 0. The fourth-order valence-corrected chi connectivity index (χ4v) is 1.37. The van der Waals surface area contributed by atoms with Gasteiger partial charge in [0, 0.05) is 0 Å². The van der Waals surface area contributed by atoms with Gasteiger partial charge in [-0.3, -0.25) is 4.79 Å². The van der Waals surface area contributed by atoms with Gasteiger partial charge in [0.25, 0.3) is 0 Å². The van der Waals surface area contributed by atoms with Gasteiger partial charge in [-0.1, -0.05) is 0 Å². The number of aliphatic carboxylic acids is 1. The largest absolute Gasteiger partial charge is 0.479 e. The fraction of sp³-hybridized carbons (Fsp3) is 0.778. The Labute approximate surface area is 87.7 Å². The third-order valence-electron chi connectivity index (χ3n) is 2.44. The van der Waals surface area contributed by atoms with Gasteiger partial charge in [0.2, 0.25) is 5.91 Å². The van der Waals surface area contributed by atoms with E-state index in [1.807, 2.05) is 0 Å². The monoisotopic (exact) mass is 216 g/mol. The summed E-state index contributed by atoms with van der Waals surface area (Å²) in [6.45, 7) is 1.67. The van der Waals surface area contributed by atoms with Crippen molar-refractivity contribution in [2.75, 3.05) is 13.1 Å². The van der Waals surface area contributed by atoms with E-state index in [0.717, 1.165) is 26.3 Å². The fourth-order valence-electron chi connectivity index (χ4n) is 1.37. The Morgan fingerprint density at radius 2 is 2.27 bits per heavy atom. The van der Waals surface area contributed by atoms with Crippen molar-refractivity contribution in [3.05, 3.63) is 0 Å². The van der Waals surface area contributed by atoms with Crippen LogP contribution in [0.3, 0.4) is 0 Å². The maximum atomic E-state index is 11.4. The van der Waals surface area contributed by atoms with Crippen molar-refractivity contribution < 1.29 is 19.8 Å². The van der Waals surface area contributed by atoms with Crippen LogP contribution in [0.25, 0.3) is 0 Å². The lowest BCUT2D eigenvalue weighted by atomic mass is 10.1. The van der Waals surface area contributed by atoms with Gasteiger partial charge in [-0.15, -0.1) is 0 Å². The second-order valence-corrected chi connectivity index (χ2v) is 3.95. The zero-order valence-corrected chi connectivity index (χ0v) is 8.62. The number of carboxylic acid groups (broad SMARTS) is 1. The van der Waals surface area contributed by atoms with Crippen molar-refractivity contribution >= 4 is 11.9 Å². The third-order valence-corrected chi connectivity index (χ3v) is 2.44. The summed E-state index contributed by atoms with van der Waals surface area (Å²) in [4.78, 5) is 22.0. The molecule has 6 nitrogen and oxygen atoms in total. The smallest absolute Gasteiger partial charge is 0.337 e. The van der Waals surface area contributed by atoms with Crippen LogP contribution in [0.1, 0.15) is 19.8 Å². The molecule has 6 heteroatoms. The molecule has 1 aliphatic heterocycles. The Kier molecular flexibility index (Phi) is 3.65. The minimum Gasteiger partial charge on any atom is -0.479 e. The molecule has 15 heavy (non-hydrogen) atoms. The molecule has 1 rings (SSSR count). The Bertz CT molecular complexity index is 259. The van der Waals surface area contributed by atoms with Crippen molar-refractivity contribution in [3.63, 3.8) is 0 Å². The van der Waals surface area contributed by atoms with Crippen molar-refractivity contribution in [1.82, 2.24) is 10.6 Å². The van der Waals surface area contributed by atoms with Crippen LogP contribution in [0, 0.1) is 0 Å². The predicted octanol–water partition coefficient (Wildman–Crippen LogP) is -1.31. The molecule has 1 amide bonds. The summed E-state index contributed by atoms with van der Waals surface area (Å²) in [5.74, 6) is -1.60. The number of rotatable bonds is 4. The molecule has 1 aliphatic rings. The number of nitrogens with one attached hydrogen (secondary N) is 2. The first-order valence-corrected chi connectivity index (χ1v) is 4.90. The van der Waals surface area contributed by atoms with Gasteiger partial charge in [-0.25, -0.2) is 4.79 Å². The normalized spacial score (nSPS) is 24.5. The maximum Gasteiger partial charge on any atom is 0.337 e. The number of carboxylic acids is 1. The van der Waals surface area contributed by atoms with Crippen molar-refractivity contribution in [1.29, 1.82) is 0 Å². The summed E-state index contributed by atoms with van der Waals surface area (Å²) in [5.41, 5.74) is -1.91. The van der Waals surface area contributed by atoms with Crippen molar-refractivity contribution in [3.8, 4) is 0 Å². The average molecular weight is 216 g/mol. The zero-order valence-electron chi connectivity index (χ0n) is 8.62. The van der Waals surface area contributed by atoms with Crippen molar-refractivity contribution in [2.45, 2.75) is 31.4 Å². The molecule has 0 aromatic rings.